The van der Waals surface area contributed by atoms with E-state index in [1.807, 2.05) is 24.3 Å². The minimum atomic E-state index is -0.597. The molecule has 0 aromatic heterocycles. The van der Waals surface area contributed by atoms with Gasteiger partial charge in [-0.3, -0.25) is 4.90 Å². The summed E-state index contributed by atoms with van der Waals surface area (Å²) in [6, 6.07) is 7.53. The van der Waals surface area contributed by atoms with E-state index in [-0.39, 0.29) is 0 Å². The molecule has 1 aromatic rings. The number of methoxy groups -OCH3 is 3. The molecule has 0 radical (unpaired) electrons. The average molecular weight is 283 g/mol. The number of rotatable bonds is 10. The Morgan fingerprint density at radius 2 is 1.65 bits per heavy atom. The first kappa shape index (κ1) is 16.9. The molecule has 0 aliphatic rings. The first-order valence-corrected chi connectivity index (χ1v) is 6.74. The van der Waals surface area contributed by atoms with Crippen LogP contribution >= 0.6 is 0 Å². The summed E-state index contributed by atoms with van der Waals surface area (Å²) in [5.74, 6) is 0.707. The third kappa shape index (κ3) is 5.46. The number of hydrogen-bond acceptors (Lipinski definition) is 5. The molecule has 1 atom stereocenters. The van der Waals surface area contributed by atoms with Gasteiger partial charge in [0.1, 0.15) is 5.75 Å². The Kier molecular flexibility index (Phi) is 8.22. The molecule has 1 N–H and O–H groups in total. The van der Waals surface area contributed by atoms with Crippen LogP contribution in [0.2, 0.25) is 0 Å². The van der Waals surface area contributed by atoms with E-state index in [9.17, 15) is 5.11 Å². The summed E-state index contributed by atoms with van der Waals surface area (Å²) in [5, 5.41) is 10.4. The predicted octanol–water partition coefficient (Wildman–Crippen LogP) is 1.32. The summed E-state index contributed by atoms with van der Waals surface area (Å²) in [6.07, 6.45) is -0.597. The number of aliphatic hydroxyl groups excluding tert-OH is 1. The second-order valence-corrected chi connectivity index (χ2v) is 4.54. The van der Waals surface area contributed by atoms with Crippen molar-refractivity contribution in [2.75, 3.05) is 54.2 Å². The van der Waals surface area contributed by atoms with Crippen molar-refractivity contribution in [1.29, 1.82) is 0 Å². The van der Waals surface area contributed by atoms with Gasteiger partial charge < -0.3 is 19.3 Å². The summed E-state index contributed by atoms with van der Waals surface area (Å²) in [5.41, 5.74) is 0.801. The first-order chi connectivity index (χ1) is 9.72. The second kappa shape index (κ2) is 9.72. The van der Waals surface area contributed by atoms with Crippen LogP contribution in [0.25, 0.3) is 0 Å². The van der Waals surface area contributed by atoms with Crippen molar-refractivity contribution in [3.05, 3.63) is 29.8 Å². The summed E-state index contributed by atoms with van der Waals surface area (Å²) in [7, 11) is 4.95. The van der Waals surface area contributed by atoms with Crippen LogP contribution in [0, 0.1) is 0 Å². The van der Waals surface area contributed by atoms with Gasteiger partial charge in [-0.25, -0.2) is 0 Å². The fourth-order valence-corrected chi connectivity index (χ4v) is 2.02. The monoisotopic (exact) mass is 283 g/mol. The van der Waals surface area contributed by atoms with Crippen molar-refractivity contribution >= 4 is 0 Å². The van der Waals surface area contributed by atoms with Gasteiger partial charge in [0.25, 0.3) is 0 Å². The van der Waals surface area contributed by atoms with Gasteiger partial charge in [0.2, 0.25) is 0 Å². The zero-order valence-corrected chi connectivity index (χ0v) is 12.5. The van der Waals surface area contributed by atoms with E-state index in [1.54, 1.807) is 21.3 Å². The minimum absolute atomic E-state index is 0.521. The number of ether oxygens (including phenoxy) is 3. The lowest BCUT2D eigenvalue weighted by molar-refractivity contribution is 0.0687. The van der Waals surface area contributed by atoms with Gasteiger partial charge in [0.15, 0.2) is 0 Å². The van der Waals surface area contributed by atoms with Crippen LogP contribution in [-0.2, 0) is 9.47 Å². The van der Waals surface area contributed by atoms with E-state index in [2.05, 4.69) is 4.90 Å². The van der Waals surface area contributed by atoms with Gasteiger partial charge in [0, 0.05) is 39.4 Å². The zero-order valence-electron chi connectivity index (χ0n) is 12.5. The molecule has 5 nitrogen and oxygen atoms in total. The van der Waals surface area contributed by atoms with Crippen LogP contribution in [0.15, 0.2) is 24.3 Å². The average Bonchev–Trinajstić information content (AvgIpc) is 2.49. The van der Waals surface area contributed by atoms with Gasteiger partial charge in [-0.15, -0.1) is 0 Å². The molecule has 0 saturated carbocycles. The molecule has 1 unspecified atom stereocenters. The molecule has 20 heavy (non-hydrogen) atoms. The van der Waals surface area contributed by atoms with Crippen molar-refractivity contribution in [1.82, 2.24) is 4.90 Å². The third-order valence-corrected chi connectivity index (χ3v) is 3.15. The fourth-order valence-electron chi connectivity index (χ4n) is 2.02. The SMILES string of the molecule is COCCN(CCOC)CC(O)c1ccccc1OC. The third-order valence-electron chi connectivity index (χ3n) is 3.15. The Balaban J connectivity index is 2.65. The zero-order chi connectivity index (χ0) is 14.8. The van der Waals surface area contributed by atoms with E-state index >= 15 is 0 Å². The Bertz CT molecular complexity index is 365. The van der Waals surface area contributed by atoms with Crippen LogP contribution in [0.3, 0.4) is 0 Å². The smallest absolute Gasteiger partial charge is 0.124 e. The number of benzene rings is 1. The molecule has 0 aliphatic heterocycles. The Hall–Kier alpha value is -1.14. The molecule has 0 spiro atoms. The van der Waals surface area contributed by atoms with Crippen molar-refractivity contribution in [2.24, 2.45) is 0 Å². The summed E-state index contributed by atoms with van der Waals surface area (Å²) >= 11 is 0. The fraction of sp³-hybridized carbons (Fsp3) is 0.600. The van der Waals surface area contributed by atoms with Crippen LogP contribution in [0.4, 0.5) is 0 Å². The lowest BCUT2D eigenvalue weighted by atomic mass is 10.1. The molecular formula is C15H25NO4. The van der Waals surface area contributed by atoms with E-state index < -0.39 is 6.10 Å². The molecule has 5 heteroatoms. The van der Waals surface area contributed by atoms with Crippen LogP contribution in [0.1, 0.15) is 11.7 Å². The summed E-state index contributed by atoms with van der Waals surface area (Å²) < 4.78 is 15.5. The Morgan fingerprint density at radius 3 is 2.20 bits per heavy atom. The van der Waals surface area contributed by atoms with Crippen LogP contribution < -0.4 is 4.74 Å². The van der Waals surface area contributed by atoms with Crippen molar-refractivity contribution in [3.63, 3.8) is 0 Å². The van der Waals surface area contributed by atoms with Crippen molar-refractivity contribution in [3.8, 4) is 5.75 Å². The topological polar surface area (TPSA) is 51.2 Å². The van der Waals surface area contributed by atoms with Gasteiger partial charge in [-0.2, -0.15) is 0 Å². The van der Waals surface area contributed by atoms with Gasteiger partial charge >= 0.3 is 0 Å². The van der Waals surface area contributed by atoms with Crippen molar-refractivity contribution in [2.45, 2.75) is 6.10 Å². The van der Waals surface area contributed by atoms with Gasteiger partial charge in [-0.1, -0.05) is 18.2 Å². The summed E-state index contributed by atoms with van der Waals surface area (Å²) in [4.78, 5) is 2.12. The molecule has 0 bridgehead atoms. The standard InChI is InChI=1S/C15H25NO4/c1-18-10-8-16(9-11-19-2)12-14(17)13-6-4-5-7-15(13)20-3/h4-7,14,17H,8-12H2,1-3H3. The lowest BCUT2D eigenvalue weighted by Gasteiger charge is -2.25. The highest BCUT2D eigenvalue weighted by atomic mass is 16.5. The predicted molar refractivity (Wildman–Crippen MR) is 78.1 cm³/mol. The highest BCUT2D eigenvalue weighted by Gasteiger charge is 2.16. The van der Waals surface area contributed by atoms with E-state index in [1.165, 1.54) is 0 Å². The van der Waals surface area contributed by atoms with E-state index in [4.69, 9.17) is 14.2 Å². The minimum Gasteiger partial charge on any atom is -0.496 e. The molecule has 0 heterocycles. The molecule has 1 rings (SSSR count). The maximum atomic E-state index is 10.4. The van der Waals surface area contributed by atoms with Gasteiger partial charge in [0.05, 0.1) is 26.4 Å². The quantitative estimate of drug-likeness (QED) is 0.702. The maximum absolute atomic E-state index is 10.4. The molecule has 0 aliphatic carbocycles. The highest BCUT2D eigenvalue weighted by Crippen LogP contribution is 2.25. The number of hydrogen-bond donors (Lipinski definition) is 1. The van der Waals surface area contributed by atoms with Gasteiger partial charge in [-0.05, 0) is 6.07 Å². The van der Waals surface area contributed by atoms with Crippen LogP contribution in [0.5, 0.6) is 5.75 Å². The molecule has 114 valence electrons. The molecule has 0 fully saturated rings. The molecule has 1 aromatic carbocycles. The van der Waals surface area contributed by atoms with E-state index in [0.29, 0.717) is 25.5 Å². The highest BCUT2D eigenvalue weighted by molar-refractivity contribution is 5.35. The lowest BCUT2D eigenvalue weighted by Crippen LogP contribution is -2.34. The van der Waals surface area contributed by atoms with E-state index in [0.717, 1.165) is 18.7 Å². The molecule has 0 amide bonds. The number of para-hydroxylation sites is 1. The van der Waals surface area contributed by atoms with Crippen molar-refractivity contribution < 1.29 is 19.3 Å². The number of aliphatic hydroxyl groups is 1. The first-order valence-electron chi connectivity index (χ1n) is 6.74. The normalized spacial score (nSPS) is 12.7. The Labute approximate surface area is 121 Å². The van der Waals surface area contributed by atoms with Crippen LogP contribution in [-0.4, -0.2) is 64.2 Å². The Morgan fingerprint density at radius 1 is 1.05 bits per heavy atom. The molecule has 0 saturated heterocycles. The number of nitrogens with zero attached hydrogens (tertiary/aromatic N) is 1. The second-order valence-electron chi connectivity index (χ2n) is 4.54. The summed E-state index contributed by atoms with van der Waals surface area (Å²) in [6.45, 7) is 3.29. The molecular weight excluding hydrogens is 258 g/mol. The largest absolute Gasteiger partial charge is 0.496 e. The maximum Gasteiger partial charge on any atom is 0.124 e.